The summed E-state index contributed by atoms with van der Waals surface area (Å²) in [7, 11) is 0. The lowest BCUT2D eigenvalue weighted by Crippen LogP contribution is -2.48. The second-order valence-electron chi connectivity index (χ2n) is 7.14. The summed E-state index contributed by atoms with van der Waals surface area (Å²) in [5.74, 6) is -0.911. The molecule has 2 unspecified atom stereocenters. The third-order valence-corrected chi connectivity index (χ3v) is 5.17. The van der Waals surface area contributed by atoms with Crippen molar-refractivity contribution in [2.75, 3.05) is 5.32 Å². The molecular formula is C20H29N3O3. The van der Waals surface area contributed by atoms with Gasteiger partial charge >= 0.3 is 0 Å². The van der Waals surface area contributed by atoms with Gasteiger partial charge in [0.1, 0.15) is 6.04 Å². The standard InChI is InChI=1S/C20H29N3O3/c1-3-13(2)17(18(21)24)23-20(26)15-10-7-11-16(12-15)22-19(25)14-8-5-4-6-9-14/h7,10-14,17H,3-6,8-9H2,1-2H3,(H2,21,24)(H,22,25)(H,23,26). The number of amides is 3. The molecule has 0 spiro atoms. The molecule has 2 atom stereocenters. The van der Waals surface area contributed by atoms with Crippen molar-refractivity contribution in [3.63, 3.8) is 0 Å². The van der Waals surface area contributed by atoms with Gasteiger partial charge in [-0.2, -0.15) is 0 Å². The van der Waals surface area contributed by atoms with E-state index in [1.807, 2.05) is 13.8 Å². The molecule has 26 heavy (non-hydrogen) atoms. The molecule has 0 aliphatic heterocycles. The molecular weight excluding hydrogens is 330 g/mol. The van der Waals surface area contributed by atoms with Gasteiger partial charge in [-0.25, -0.2) is 0 Å². The number of rotatable bonds is 7. The maximum atomic E-state index is 12.5. The van der Waals surface area contributed by atoms with Crippen LogP contribution < -0.4 is 16.4 Å². The Balaban J connectivity index is 2.04. The van der Waals surface area contributed by atoms with Gasteiger partial charge < -0.3 is 16.4 Å². The van der Waals surface area contributed by atoms with E-state index >= 15 is 0 Å². The van der Waals surface area contributed by atoms with Crippen molar-refractivity contribution >= 4 is 23.4 Å². The molecule has 6 nitrogen and oxygen atoms in total. The summed E-state index contributed by atoms with van der Waals surface area (Å²) >= 11 is 0. The Morgan fingerprint density at radius 3 is 2.50 bits per heavy atom. The Bertz CT molecular complexity index is 653. The molecule has 1 saturated carbocycles. The molecule has 1 aromatic rings. The van der Waals surface area contributed by atoms with E-state index in [0.717, 1.165) is 32.1 Å². The molecule has 4 N–H and O–H groups in total. The fourth-order valence-electron chi connectivity index (χ4n) is 3.30. The molecule has 0 saturated heterocycles. The Morgan fingerprint density at radius 2 is 1.88 bits per heavy atom. The summed E-state index contributed by atoms with van der Waals surface area (Å²) in [6, 6.07) is 6.05. The first-order valence-electron chi connectivity index (χ1n) is 9.43. The van der Waals surface area contributed by atoms with Crippen LogP contribution in [0.4, 0.5) is 5.69 Å². The number of nitrogens with one attached hydrogen (secondary N) is 2. The summed E-state index contributed by atoms with van der Waals surface area (Å²) in [6.07, 6.45) is 5.93. The zero-order valence-corrected chi connectivity index (χ0v) is 15.6. The highest BCUT2D eigenvalue weighted by Crippen LogP contribution is 2.25. The topological polar surface area (TPSA) is 101 Å². The summed E-state index contributed by atoms with van der Waals surface area (Å²) < 4.78 is 0. The van der Waals surface area contributed by atoms with Gasteiger partial charge in [0.15, 0.2) is 0 Å². The quantitative estimate of drug-likeness (QED) is 0.697. The average molecular weight is 359 g/mol. The molecule has 0 radical (unpaired) electrons. The van der Waals surface area contributed by atoms with Crippen LogP contribution in [-0.2, 0) is 9.59 Å². The molecule has 6 heteroatoms. The van der Waals surface area contributed by atoms with Crippen LogP contribution in [0.2, 0.25) is 0 Å². The highest BCUT2D eigenvalue weighted by atomic mass is 16.2. The van der Waals surface area contributed by atoms with Gasteiger partial charge in [0.25, 0.3) is 5.91 Å². The Hall–Kier alpha value is -2.37. The summed E-state index contributed by atoms with van der Waals surface area (Å²) in [5.41, 5.74) is 6.39. The minimum Gasteiger partial charge on any atom is -0.368 e. The van der Waals surface area contributed by atoms with Crippen LogP contribution >= 0.6 is 0 Å². The number of hydrogen-bond donors (Lipinski definition) is 3. The van der Waals surface area contributed by atoms with Crippen LogP contribution in [0, 0.1) is 11.8 Å². The average Bonchev–Trinajstić information content (AvgIpc) is 2.66. The molecule has 1 aliphatic rings. The fourth-order valence-corrected chi connectivity index (χ4v) is 3.30. The summed E-state index contributed by atoms with van der Waals surface area (Å²) in [4.78, 5) is 36.5. The normalized spacial score (nSPS) is 17.2. The molecule has 0 heterocycles. The first-order chi connectivity index (χ1) is 12.4. The van der Waals surface area contributed by atoms with Crippen molar-refractivity contribution in [3.05, 3.63) is 29.8 Å². The number of hydrogen-bond acceptors (Lipinski definition) is 3. The molecule has 1 fully saturated rings. The first kappa shape index (κ1) is 19.9. The van der Waals surface area contributed by atoms with E-state index in [1.165, 1.54) is 6.42 Å². The Labute approximate surface area is 154 Å². The van der Waals surface area contributed by atoms with Crippen molar-refractivity contribution in [3.8, 4) is 0 Å². The van der Waals surface area contributed by atoms with Crippen LogP contribution in [0.15, 0.2) is 24.3 Å². The van der Waals surface area contributed by atoms with E-state index in [1.54, 1.807) is 24.3 Å². The van der Waals surface area contributed by atoms with Gasteiger partial charge in [-0.15, -0.1) is 0 Å². The zero-order chi connectivity index (χ0) is 19.1. The number of anilines is 1. The first-order valence-corrected chi connectivity index (χ1v) is 9.43. The van der Waals surface area contributed by atoms with Gasteiger partial charge in [0, 0.05) is 17.2 Å². The van der Waals surface area contributed by atoms with Gasteiger partial charge in [0.05, 0.1) is 0 Å². The number of primary amides is 1. The molecule has 142 valence electrons. The third kappa shape index (κ3) is 5.31. The van der Waals surface area contributed by atoms with E-state index in [9.17, 15) is 14.4 Å². The second-order valence-corrected chi connectivity index (χ2v) is 7.14. The van der Waals surface area contributed by atoms with Crippen LogP contribution in [0.1, 0.15) is 62.7 Å². The Morgan fingerprint density at radius 1 is 1.19 bits per heavy atom. The lowest BCUT2D eigenvalue weighted by molar-refractivity contribution is -0.121. The van der Waals surface area contributed by atoms with Crippen molar-refractivity contribution in [1.29, 1.82) is 0 Å². The third-order valence-electron chi connectivity index (χ3n) is 5.17. The molecule has 2 rings (SSSR count). The largest absolute Gasteiger partial charge is 0.368 e. The smallest absolute Gasteiger partial charge is 0.252 e. The molecule has 3 amide bonds. The van der Waals surface area contributed by atoms with Crippen LogP contribution in [0.5, 0.6) is 0 Å². The van der Waals surface area contributed by atoms with Gasteiger partial charge in [-0.3, -0.25) is 14.4 Å². The van der Waals surface area contributed by atoms with Crippen LogP contribution in [0.3, 0.4) is 0 Å². The van der Waals surface area contributed by atoms with Crippen LogP contribution in [0.25, 0.3) is 0 Å². The van der Waals surface area contributed by atoms with Crippen molar-refractivity contribution < 1.29 is 14.4 Å². The minimum absolute atomic E-state index is 0.0110. The predicted octanol–water partition coefficient (Wildman–Crippen LogP) is 2.84. The number of nitrogens with two attached hydrogens (primary N) is 1. The fraction of sp³-hybridized carbons (Fsp3) is 0.550. The number of benzene rings is 1. The highest BCUT2D eigenvalue weighted by molar-refractivity contribution is 5.99. The zero-order valence-electron chi connectivity index (χ0n) is 15.6. The SMILES string of the molecule is CCC(C)C(NC(=O)c1cccc(NC(=O)C2CCCCC2)c1)C(N)=O. The Kier molecular flexibility index (Phi) is 7.18. The number of carbonyl (C=O) groups is 3. The monoisotopic (exact) mass is 359 g/mol. The van der Waals surface area contributed by atoms with Crippen molar-refractivity contribution in [2.45, 2.75) is 58.4 Å². The van der Waals surface area contributed by atoms with Gasteiger partial charge in [-0.05, 0) is 37.0 Å². The van der Waals surface area contributed by atoms with Crippen molar-refractivity contribution in [2.24, 2.45) is 17.6 Å². The van der Waals surface area contributed by atoms with E-state index < -0.39 is 11.9 Å². The lowest BCUT2D eigenvalue weighted by Gasteiger charge is -2.22. The summed E-state index contributed by atoms with van der Waals surface area (Å²) in [5, 5.41) is 5.61. The van der Waals surface area contributed by atoms with E-state index in [-0.39, 0.29) is 23.7 Å². The van der Waals surface area contributed by atoms with E-state index in [4.69, 9.17) is 5.73 Å². The second kappa shape index (κ2) is 9.36. The predicted molar refractivity (Wildman–Crippen MR) is 102 cm³/mol. The number of carbonyl (C=O) groups excluding carboxylic acids is 3. The molecule has 1 aliphatic carbocycles. The molecule has 0 aromatic heterocycles. The maximum absolute atomic E-state index is 12.5. The van der Waals surface area contributed by atoms with E-state index in [2.05, 4.69) is 10.6 Å². The van der Waals surface area contributed by atoms with Gasteiger partial charge in [-0.1, -0.05) is 45.6 Å². The molecule has 1 aromatic carbocycles. The lowest BCUT2D eigenvalue weighted by atomic mass is 9.88. The van der Waals surface area contributed by atoms with Crippen molar-refractivity contribution in [1.82, 2.24) is 5.32 Å². The minimum atomic E-state index is -0.715. The maximum Gasteiger partial charge on any atom is 0.252 e. The highest BCUT2D eigenvalue weighted by Gasteiger charge is 2.24. The summed E-state index contributed by atoms with van der Waals surface area (Å²) in [6.45, 7) is 3.81. The van der Waals surface area contributed by atoms with E-state index in [0.29, 0.717) is 11.3 Å². The molecule has 0 bridgehead atoms. The van der Waals surface area contributed by atoms with Gasteiger partial charge in [0.2, 0.25) is 11.8 Å². The van der Waals surface area contributed by atoms with Crippen LogP contribution in [-0.4, -0.2) is 23.8 Å².